The zero-order chi connectivity index (χ0) is 23.8. The van der Waals surface area contributed by atoms with Gasteiger partial charge in [0.15, 0.2) is 0 Å². The molecule has 0 radical (unpaired) electrons. The monoisotopic (exact) mass is 452 g/mol. The standard InChI is InChI=1S/C16H26F6N4O4/c1-14(2,3)30-13(29)26(8-6-24-12(28)16(20,21)22)10-9-25(4)7-5-23-11(27)15(17,18)19/h5-10H2,1-4H3,(H,23,27)(H,24,28). The van der Waals surface area contributed by atoms with Crippen LogP contribution in [0.4, 0.5) is 31.1 Å². The lowest BCUT2D eigenvalue weighted by Crippen LogP contribution is -2.46. The van der Waals surface area contributed by atoms with Crippen LogP contribution in [0.3, 0.4) is 0 Å². The average Bonchev–Trinajstić information content (AvgIpc) is 2.53. The first-order valence-electron chi connectivity index (χ1n) is 8.80. The molecule has 2 N–H and O–H groups in total. The predicted octanol–water partition coefficient (Wildman–Crippen LogP) is 1.51. The van der Waals surface area contributed by atoms with E-state index in [-0.39, 0.29) is 32.7 Å². The molecule has 30 heavy (non-hydrogen) atoms. The summed E-state index contributed by atoms with van der Waals surface area (Å²) in [7, 11) is 1.51. The van der Waals surface area contributed by atoms with Crippen LogP contribution in [-0.2, 0) is 14.3 Å². The first-order valence-corrected chi connectivity index (χ1v) is 8.80. The van der Waals surface area contributed by atoms with Crippen molar-refractivity contribution in [3.8, 4) is 0 Å². The molecule has 0 aliphatic carbocycles. The highest BCUT2D eigenvalue weighted by Crippen LogP contribution is 2.15. The molecule has 0 aromatic carbocycles. The Morgan fingerprint density at radius 3 is 1.60 bits per heavy atom. The molecule has 14 heteroatoms. The summed E-state index contributed by atoms with van der Waals surface area (Å²) in [6.45, 7) is 3.79. The number of ether oxygens (including phenoxy) is 1. The molecule has 0 rings (SSSR count). The topological polar surface area (TPSA) is 91.0 Å². The van der Waals surface area contributed by atoms with E-state index in [0.29, 0.717) is 0 Å². The summed E-state index contributed by atoms with van der Waals surface area (Å²) in [4.78, 5) is 36.4. The van der Waals surface area contributed by atoms with Gasteiger partial charge in [-0.1, -0.05) is 0 Å². The first-order chi connectivity index (χ1) is 13.4. The summed E-state index contributed by atoms with van der Waals surface area (Å²) in [6, 6.07) is 0. The van der Waals surface area contributed by atoms with Crippen molar-refractivity contribution in [2.75, 3.05) is 46.3 Å². The predicted molar refractivity (Wildman–Crippen MR) is 93.4 cm³/mol. The second-order valence-electron chi connectivity index (χ2n) is 7.28. The number of carbonyl (C=O) groups excluding carboxylic acids is 3. The molecule has 0 saturated heterocycles. The Bertz CT molecular complexity index is 590. The molecule has 0 unspecified atom stereocenters. The van der Waals surface area contributed by atoms with E-state index < -0.39 is 42.4 Å². The first kappa shape index (κ1) is 27.8. The number of carbonyl (C=O) groups is 3. The molecule has 0 spiro atoms. The van der Waals surface area contributed by atoms with E-state index in [1.807, 2.05) is 0 Å². The lowest BCUT2D eigenvalue weighted by Gasteiger charge is -2.29. The van der Waals surface area contributed by atoms with E-state index in [2.05, 4.69) is 0 Å². The van der Waals surface area contributed by atoms with Gasteiger partial charge in [-0.15, -0.1) is 0 Å². The lowest BCUT2D eigenvalue weighted by atomic mass is 10.2. The van der Waals surface area contributed by atoms with Crippen molar-refractivity contribution in [1.29, 1.82) is 0 Å². The number of nitrogens with zero attached hydrogens (tertiary/aromatic N) is 2. The zero-order valence-corrected chi connectivity index (χ0v) is 17.0. The molecule has 0 aromatic heterocycles. The van der Waals surface area contributed by atoms with Crippen molar-refractivity contribution in [2.24, 2.45) is 0 Å². The molecule has 0 aliphatic rings. The number of nitrogens with one attached hydrogen (secondary N) is 2. The number of alkyl halides is 6. The van der Waals surface area contributed by atoms with E-state index >= 15 is 0 Å². The highest BCUT2D eigenvalue weighted by Gasteiger charge is 2.39. The van der Waals surface area contributed by atoms with Crippen molar-refractivity contribution in [2.45, 2.75) is 38.7 Å². The van der Waals surface area contributed by atoms with Crippen LogP contribution in [0.25, 0.3) is 0 Å². The van der Waals surface area contributed by atoms with Gasteiger partial charge in [0.1, 0.15) is 5.60 Å². The zero-order valence-electron chi connectivity index (χ0n) is 17.0. The van der Waals surface area contributed by atoms with E-state index in [0.717, 1.165) is 4.90 Å². The van der Waals surface area contributed by atoms with Gasteiger partial charge in [-0.05, 0) is 27.8 Å². The Balaban J connectivity index is 4.67. The Hall–Kier alpha value is -2.25. The number of halogens is 6. The molecule has 0 bridgehead atoms. The molecule has 3 amide bonds. The largest absolute Gasteiger partial charge is 0.471 e. The SMILES string of the molecule is CN(CCNC(=O)C(F)(F)F)CCN(CCNC(=O)C(F)(F)F)C(=O)OC(C)(C)C. The quantitative estimate of drug-likeness (QED) is 0.518. The summed E-state index contributed by atoms with van der Waals surface area (Å²) in [6.07, 6.45) is -10.9. The van der Waals surface area contributed by atoms with E-state index in [4.69, 9.17) is 4.74 Å². The number of hydrogen-bond acceptors (Lipinski definition) is 5. The number of amides is 3. The summed E-state index contributed by atoms with van der Waals surface area (Å²) in [5.41, 5.74) is -0.877. The molecule has 0 saturated carbocycles. The van der Waals surface area contributed by atoms with Crippen LogP contribution < -0.4 is 10.6 Å². The smallest absolute Gasteiger partial charge is 0.444 e. The van der Waals surface area contributed by atoms with Gasteiger partial charge in [0.25, 0.3) is 0 Å². The fourth-order valence-corrected chi connectivity index (χ4v) is 1.89. The normalized spacial score (nSPS) is 12.5. The van der Waals surface area contributed by atoms with Gasteiger partial charge in [0.05, 0.1) is 0 Å². The molecular formula is C16H26F6N4O4. The third-order valence-electron chi connectivity index (χ3n) is 3.36. The number of rotatable bonds is 9. The maximum atomic E-state index is 12.2. The Labute approximate surface area is 169 Å². The van der Waals surface area contributed by atoms with Crippen molar-refractivity contribution in [1.82, 2.24) is 20.4 Å². The van der Waals surface area contributed by atoms with Gasteiger partial charge >= 0.3 is 30.3 Å². The summed E-state index contributed by atoms with van der Waals surface area (Å²) in [5, 5.41) is 3.33. The Kier molecular flexibility index (Phi) is 10.4. The Morgan fingerprint density at radius 1 is 0.767 bits per heavy atom. The second-order valence-corrected chi connectivity index (χ2v) is 7.28. The van der Waals surface area contributed by atoms with Gasteiger partial charge in [-0.25, -0.2) is 4.79 Å². The van der Waals surface area contributed by atoms with Crippen molar-refractivity contribution >= 4 is 17.9 Å². The molecule has 0 aromatic rings. The number of likely N-dealkylation sites (N-methyl/N-ethyl adjacent to an activating group) is 1. The highest BCUT2D eigenvalue weighted by atomic mass is 19.4. The van der Waals surface area contributed by atoms with Crippen molar-refractivity contribution < 1.29 is 45.5 Å². The molecule has 176 valence electrons. The third-order valence-corrected chi connectivity index (χ3v) is 3.36. The maximum absolute atomic E-state index is 12.2. The third kappa shape index (κ3) is 12.3. The molecule has 8 nitrogen and oxygen atoms in total. The highest BCUT2D eigenvalue weighted by molar-refractivity contribution is 5.82. The summed E-state index contributed by atoms with van der Waals surface area (Å²) < 4.78 is 78.2. The van der Waals surface area contributed by atoms with Crippen LogP contribution in [0.15, 0.2) is 0 Å². The molecule has 0 atom stereocenters. The van der Waals surface area contributed by atoms with E-state index in [1.54, 1.807) is 31.4 Å². The van der Waals surface area contributed by atoms with E-state index in [9.17, 15) is 40.7 Å². The minimum Gasteiger partial charge on any atom is -0.444 e. The average molecular weight is 452 g/mol. The van der Waals surface area contributed by atoms with Crippen LogP contribution in [0.5, 0.6) is 0 Å². The number of hydrogen-bond donors (Lipinski definition) is 2. The lowest BCUT2D eigenvalue weighted by molar-refractivity contribution is -0.173. The van der Waals surface area contributed by atoms with Gasteiger partial charge in [0, 0.05) is 39.3 Å². The van der Waals surface area contributed by atoms with Crippen molar-refractivity contribution in [3.05, 3.63) is 0 Å². The second kappa shape index (κ2) is 11.2. The minimum atomic E-state index is -5.06. The van der Waals surface area contributed by atoms with Crippen molar-refractivity contribution in [3.63, 3.8) is 0 Å². The van der Waals surface area contributed by atoms with Crippen LogP contribution in [0.2, 0.25) is 0 Å². The maximum Gasteiger partial charge on any atom is 0.471 e. The van der Waals surface area contributed by atoms with E-state index in [1.165, 1.54) is 11.9 Å². The molecular weight excluding hydrogens is 426 g/mol. The van der Waals surface area contributed by atoms with Gasteiger partial charge in [-0.2, -0.15) is 26.3 Å². The van der Waals surface area contributed by atoms with Gasteiger partial charge in [0.2, 0.25) is 0 Å². The van der Waals surface area contributed by atoms with Crippen LogP contribution in [-0.4, -0.2) is 92.0 Å². The fourth-order valence-electron chi connectivity index (χ4n) is 1.89. The summed E-state index contributed by atoms with van der Waals surface area (Å²) >= 11 is 0. The molecule has 0 fully saturated rings. The minimum absolute atomic E-state index is 0.0226. The Morgan fingerprint density at radius 2 is 1.20 bits per heavy atom. The fraction of sp³-hybridized carbons (Fsp3) is 0.812. The summed E-state index contributed by atoms with van der Waals surface area (Å²) in [5.74, 6) is -4.23. The van der Waals surface area contributed by atoms with Gasteiger partial charge in [-0.3, -0.25) is 9.59 Å². The van der Waals surface area contributed by atoms with Crippen LogP contribution in [0, 0.1) is 0 Å². The molecule has 0 aliphatic heterocycles. The molecule has 0 heterocycles. The van der Waals surface area contributed by atoms with Crippen LogP contribution in [0.1, 0.15) is 20.8 Å². The van der Waals surface area contributed by atoms with Gasteiger partial charge < -0.3 is 25.2 Å². The van der Waals surface area contributed by atoms with Crippen LogP contribution >= 0.6 is 0 Å².